The molecule has 18 heavy (non-hydrogen) atoms. The van der Waals surface area contributed by atoms with Crippen molar-refractivity contribution in [2.24, 2.45) is 0 Å². The summed E-state index contributed by atoms with van der Waals surface area (Å²) in [6, 6.07) is 12.4. The van der Waals surface area contributed by atoms with E-state index >= 15 is 0 Å². The second-order valence-corrected chi connectivity index (χ2v) is 4.65. The quantitative estimate of drug-likeness (QED) is 0.689. The van der Waals surface area contributed by atoms with E-state index < -0.39 is 0 Å². The van der Waals surface area contributed by atoms with E-state index in [4.69, 9.17) is 0 Å². The average molecular weight is 238 g/mol. The van der Waals surface area contributed by atoms with Crippen LogP contribution in [0, 0.1) is 0 Å². The minimum absolute atomic E-state index is 0.391. The van der Waals surface area contributed by atoms with Gasteiger partial charge in [0.1, 0.15) is 0 Å². The molecule has 0 spiro atoms. The van der Waals surface area contributed by atoms with Crippen LogP contribution in [0.4, 0.5) is 0 Å². The summed E-state index contributed by atoms with van der Waals surface area (Å²) in [5.74, 6) is 0.391. The lowest BCUT2D eigenvalue weighted by Crippen LogP contribution is -1.97. The number of rotatable bonds is 2. The average Bonchev–Trinajstić information content (AvgIpc) is 2.86. The summed E-state index contributed by atoms with van der Waals surface area (Å²) < 4.78 is 1.75. The molecule has 0 saturated heterocycles. The first-order valence-corrected chi connectivity index (χ1v) is 6.03. The molecule has 90 valence electrons. The van der Waals surface area contributed by atoms with Gasteiger partial charge in [-0.1, -0.05) is 44.2 Å². The zero-order chi connectivity index (χ0) is 12.5. The smallest absolute Gasteiger partial charge is 0.182 e. The van der Waals surface area contributed by atoms with Crippen LogP contribution in [0.15, 0.2) is 42.6 Å². The molecule has 2 heterocycles. The van der Waals surface area contributed by atoms with E-state index in [1.807, 2.05) is 24.4 Å². The van der Waals surface area contributed by atoms with Gasteiger partial charge < -0.3 is 0 Å². The van der Waals surface area contributed by atoms with Gasteiger partial charge in [-0.25, -0.2) is 0 Å². The third kappa shape index (κ3) is 1.76. The fourth-order valence-corrected chi connectivity index (χ4v) is 2.09. The molecule has 0 N–H and O–H groups in total. The standard InChI is InChI=1S/C14H14N4/c1-10(2)13-8-12(11-6-4-3-5-7-11)9-18-14(13)15-16-17-18/h3-10H,1-2H3. The van der Waals surface area contributed by atoms with Gasteiger partial charge in [-0.3, -0.25) is 0 Å². The number of tetrazole rings is 1. The summed E-state index contributed by atoms with van der Waals surface area (Å²) in [5, 5.41) is 11.8. The molecule has 0 aliphatic heterocycles. The SMILES string of the molecule is CC(C)c1cc(-c2ccccc2)cn2nnnc12. The molecule has 2 aromatic heterocycles. The summed E-state index contributed by atoms with van der Waals surface area (Å²) in [7, 11) is 0. The monoisotopic (exact) mass is 238 g/mol. The van der Waals surface area contributed by atoms with Gasteiger partial charge in [0.15, 0.2) is 5.65 Å². The molecule has 0 radical (unpaired) electrons. The first-order valence-electron chi connectivity index (χ1n) is 6.03. The van der Waals surface area contributed by atoms with E-state index in [1.54, 1.807) is 4.52 Å². The maximum absolute atomic E-state index is 4.08. The fraction of sp³-hybridized carbons (Fsp3) is 0.214. The number of hydrogen-bond acceptors (Lipinski definition) is 3. The normalized spacial score (nSPS) is 11.3. The number of pyridine rings is 1. The fourth-order valence-electron chi connectivity index (χ4n) is 2.09. The van der Waals surface area contributed by atoms with Crippen molar-refractivity contribution in [1.29, 1.82) is 0 Å². The van der Waals surface area contributed by atoms with Crippen molar-refractivity contribution in [3.63, 3.8) is 0 Å². The van der Waals surface area contributed by atoms with Crippen LogP contribution in [0.3, 0.4) is 0 Å². The third-order valence-electron chi connectivity index (χ3n) is 3.05. The number of nitrogens with zero attached hydrogens (tertiary/aromatic N) is 4. The molecule has 0 bridgehead atoms. The largest absolute Gasteiger partial charge is 0.200 e. The Morgan fingerprint density at radius 3 is 2.56 bits per heavy atom. The molecule has 0 saturated carbocycles. The predicted molar refractivity (Wildman–Crippen MR) is 70.3 cm³/mol. The van der Waals surface area contributed by atoms with Gasteiger partial charge in [-0.15, -0.1) is 5.10 Å². The molecule has 3 rings (SSSR count). The van der Waals surface area contributed by atoms with Gasteiger partial charge in [-0.05, 0) is 28.0 Å². The van der Waals surface area contributed by atoms with Crippen molar-refractivity contribution in [2.45, 2.75) is 19.8 Å². The molecule has 0 amide bonds. The first-order chi connectivity index (χ1) is 8.75. The molecular formula is C14H14N4. The maximum atomic E-state index is 4.08. The number of benzene rings is 1. The first kappa shape index (κ1) is 10.9. The van der Waals surface area contributed by atoms with Crippen LogP contribution in [-0.4, -0.2) is 20.0 Å². The van der Waals surface area contributed by atoms with E-state index in [2.05, 4.69) is 47.6 Å². The van der Waals surface area contributed by atoms with Crippen molar-refractivity contribution in [1.82, 2.24) is 20.0 Å². The second kappa shape index (κ2) is 4.22. The Balaban J connectivity index is 2.25. The molecular weight excluding hydrogens is 224 g/mol. The highest BCUT2D eigenvalue weighted by molar-refractivity contribution is 5.66. The van der Waals surface area contributed by atoms with Crippen molar-refractivity contribution < 1.29 is 0 Å². The molecule has 0 unspecified atom stereocenters. The number of hydrogen-bond donors (Lipinski definition) is 0. The van der Waals surface area contributed by atoms with Gasteiger partial charge in [0.05, 0.1) is 0 Å². The highest BCUT2D eigenvalue weighted by Crippen LogP contribution is 2.25. The van der Waals surface area contributed by atoms with Crippen LogP contribution in [0.1, 0.15) is 25.3 Å². The molecule has 0 aliphatic carbocycles. The van der Waals surface area contributed by atoms with Gasteiger partial charge in [0, 0.05) is 17.3 Å². The zero-order valence-corrected chi connectivity index (χ0v) is 10.4. The molecule has 0 aliphatic rings. The lowest BCUT2D eigenvalue weighted by molar-refractivity contribution is 0.817. The van der Waals surface area contributed by atoms with E-state index in [1.165, 1.54) is 11.1 Å². The number of aromatic nitrogens is 4. The Morgan fingerprint density at radius 1 is 1.06 bits per heavy atom. The Kier molecular flexibility index (Phi) is 2.55. The minimum Gasteiger partial charge on any atom is -0.200 e. The van der Waals surface area contributed by atoms with Gasteiger partial charge >= 0.3 is 0 Å². The predicted octanol–water partition coefficient (Wildman–Crippen LogP) is 2.91. The highest BCUT2D eigenvalue weighted by atomic mass is 15.5. The lowest BCUT2D eigenvalue weighted by atomic mass is 10.00. The molecule has 1 aromatic carbocycles. The van der Waals surface area contributed by atoms with Crippen molar-refractivity contribution in [3.05, 3.63) is 48.2 Å². The van der Waals surface area contributed by atoms with Crippen LogP contribution < -0.4 is 0 Å². The molecule has 0 fully saturated rings. The summed E-state index contributed by atoms with van der Waals surface area (Å²) in [6.07, 6.45) is 1.97. The summed E-state index contributed by atoms with van der Waals surface area (Å²) >= 11 is 0. The second-order valence-electron chi connectivity index (χ2n) is 4.65. The number of fused-ring (bicyclic) bond motifs is 1. The topological polar surface area (TPSA) is 43.1 Å². The van der Waals surface area contributed by atoms with Crippen LogP contribution in [0.5, 0.6) is 0 Å². The Morgan fingerprint density at radius 2 is 1.83 bits per heavy atom. The zero-order valence-electron chi connectivity index (χ0n) is 10.4. The summed E-state index contributed by atoms with van der Waals surface area (Å²) in [5.41, 5.74) is 4.32. The van der Waals surface area contributed by atoms with Crippen LogP contribution in [0.25, 0.3) is 16.8 Å². The molecule has 3 aromatic rings. The molecule has 4 heteroatoms. The van der Waals surface area contributed by atoms with Crippen LogP contribution in [0.2, 0.25) is 0 Å². The van der Waals surface area contributed by atoms with Crippen molar-refractivity contribution in [3.8, 4) is 11.1 Å². The van der Waals surface area contributed by atoms with Gasteiger partial charge in [-0.2, -0.15) is 4.52 Å². The van der Waals surface area contributed by atoms with E-state index in [0.717, 1.165) is 11.2 Å². The maximum Gasteiger partial charge on any atom is 0.182 e. The molecule has 0 atom stereocenters. The van der Waals surface area contributed by atoms with Crippen molar-refractivity contribution >= 4 is 5.65 Å². The van der Waals surface area contributed by atoms with Crippen LogP contribution in [-0.2, 0) is 0 Å². The van der Waals surface area contributed by atoms with E-state index in [9.17, 15) is 0 Å². The van der Waals surface area contributed by atoms with Gasteiger partial charge in [0.2, 0.25) is 0 Å². The Bertz CT molecular complexity index is 671. The Labute approximate surface area is 105 Å². The van der Waals surface area contributed by atoms with E-state index in [-0.39, 0.29) is 0 Å². The van der Waals surface area contributed by atoms with E-state index in [0.29, 0.717) is 5.92 Å². The summed E-state index contributed by atoms with van der Waals surface area (Å²) in [4.78, 5) is 0. The lowest BCUT2D eigenvalue weighted by Gasteiger charge is -2.09. The minimum atomic E-state index is 0.391. The summed E-state index contributed by atoms with van der Waals surface area (Å²) in [6.45, 7) is 4.30. The highest BCUT2D eigenvalue weighted by Gasteiger charge is 2.11. The van der Waals surface area contributed by atoms with Crippen molar-refractivity contribution in [2.75, 3.05) is 0 Å². The van der Waals surface area contributed by atoms with Crippen LogP contribution >= 0.6 is 0 Å². The van der Waals surface area contributed by atoms with Gasteiger partial charge in [0.25, 0.3) is 0 Å². The third-order valence-corrected chi connectivity index (χ3v) is 3.05. The Hall–Kier alpha value is -2.23. The molecule has 4 nitrogen and oxygen atoms in total.